The molecule has 1 amide bonds. The third-order valence-corrected chi connectivity index (χ3v) is 1.27. The molecule has 0 saturated heterocycles. The fraction of sp³-hybridized carbons (Fsp3) is 0.625. The van der Waals surface area contributed by atoms with Gasteiger partial charge in [-0.15, -0.1) is 0 Å². The molecule has 3 nitrogen and oxygen atoms in total. The first kappa shape index (κ1) is 10.0. The predicted octanol–water partition coefficient (Wildman–Crippen LogP) is 1.41. The number of hydrogen-bond acceptors (Lipinski definition) is 2. The van der Waals surface area contributed by atoms with Crippen molar-refractivity contribution in [3.63, 3.8) is 0 Å². The van der Waals surface area contributed by atoms with Crippen LogP contribution in [0.5, 0.6) is 0 Å². The van der Waals surface area contributed by atoms with Crippen LogP contribution in [0.3, 0.4) is 0 Å². The maximum Gasteiger partial charge on any atom is 0.262 e. The van der Waals surface area contributed by atoms with Crippen LogP contribution in [0, 0.1) is 0 Å². The minimum atomic E-state index is -0.0712. The predicted molar refractivity (Wildman–Crippen MR) is 43.8 cm³/mol. The third-order valence-electron chi connectivity index (χ3n) is 1.27. The lowest BCUT2D eigenvalue weighted by molar-refractivity contribution is -0.125. The molecule has 0 atom stereocenters. The third kappa shape index (κ3) is 3.07. The topological polar surface area (TPSA) is 38.3 Å². The van der Waals surface area contributed by atoms with Gasteiger partial charge in [-0.2, -0.15) is 0 Å². The molecule has 1 heterocycles. The number of carbonyl (C=O) groups excluding carboxylic acids is 1. The van der Waals surface area contributed by atoms with Gasteiger partial charge < -0.3 is 10.1 Å². The number of allylic oxidation sites excluding steroid dienone is 2. The van der Waals surface area contributed by atoms with Crippen LogP contribution in [0.15, 0.2) is 11.5 Å². The molecule has 0 radical (unpaired) electrons. The molecule has 0 unspecified atom stereocenters. The van der Waals surface area contributed by atoms with Gasteiger partial charge in [0.05, 0.1) is 5.70 Å². The fourth-order valence-electron chi connectivity index (χ4n) is 0.615. The molecular formula is C8H15NO2. The van der Waals surface area contributed by atoms with Crippen LogP contribution < -0.4 is 5.32 Å². The summed E-state index contributed by atoms with van der Waals surface area (Å²) in [5.41, 5.74) is 0.811. The Morgan fingerprint density at radius 3 is 2.27 bits per heavy atom. The number of carbonyl (C=O) groups is 1. The van der Waals surface area contributed by atoms with Gasteiger partial charge in [0.15, 0.2) is 6.61 Å². The van der Waals surface area contributed by atoms with E-state index < -0.39 is 0 Å². The van der Waals surface area contributed by atoms with Gasteiger partial charge >= 0.3 is 0 Å². The quantitative estimate of drug-likeness (QED) is 0.577. The fourth-order valence-corrected chi connectivity index (χ4v) is 0.615. The van der Waals surface area contributed by atoms with Gasteiger partial charge in [0, 0.05) is 0 Å². The lowest BCUT2D eigenvalue weighted by Gasteiger charge is -2.16. The Morgan fingerprint density at radius 2 is 1.91 bits per heavy atom. The van der Waals surface area contributed by atoms with Crippen LogP contribution in [0.4, 0.5) is 0 Å². The minimum Gasteiger partial charge on any atom is -0.487 e. The van der Waals surface area contributed by atoms with Crippen molar-refractivity contribution in [2.75, 3.05) is 6.61 Å². The zero-order chi connectivity index (χ0) is 8.85. The molecule has 1 rings (SSSR count). The molecule has 0 aliphatic carbocycles. The molecule has 64 valence electrons. The maximum atomic E-state index is 10.5. The summed E-state index contributed by atoms with van der Waals surface area (Å²) in [6, 6.07) is 0. The van der Waals surface area contributed by atoms with Crippen molar-refractivity contribution in [1.29, 1.82) is 0 Å². The van der Waals surface area contributed by atoms with Crippen molar-refractivity contribution in [3.8, 4) is 0 Å². The monoisotopic (exact) mass is 157 g/mol. The summed E-state index contributed by atoms with van der Waals surface area (Å²) in [5, 5.41) is 2.64. The molecule has 1 aliphatic rings. The minimum absolute atomic E-state index is 0.0712. The number of ether oxygens (including phenoxy) is 1. The van der Waals surface area contributed by atoms with E-state index in [2.05, 4.69) is 5.32 Å². The summed E-state index contributed by atoms with van der Waals surface area (Å²) in [7, 11) is 0. The zero-order valence-corrected chi connectivity index (χ0v) is 7.52. The van der Waals surface area contributed by atoms with Crippen molar-refractivity contribution in [2.24, 2.45) is 0 Å². The van der Waals surface area contributed by atoms with Gasteiger partial charge in [-0.1, -0.05) is 13.8 Å². The zero-order valence-electron chi connectivity index (χ0n) is 7.52. The molecule has 0 aromatic rings. The highest BCUT2D eigenvalue weighted by atomic mass is 16.5. The lowest BCUT2D eigenvalue weighted by atomic mass is 10.3. The summed E-state index contributed by atoms with van der Waals surface area (Å²) < 4.78 is 4.97. The van der Waals surface area contributed by atoms with E-state index in [9.17, 15) is 4.79 Å². The average Bonchev–Trinajstić information content (AvgIpc) is 2.02. The molecule has 0 aromatic carbocycles. The summed E-state index contributed by atoms with van der Waals surface area (Å²) in [6.07, 6.45) is 0. The Hall–Kier alpha value is -0.990. The molecule has 11 heavy (non-hydrogen) atoms. The molecular weight excluding hydrogens is 142 g/mol. The van der Waals surface area contributed by atoms with Crippen molar-refractivity contribution in [1.82, 2.24) is 5.32 Å². The first-order valence-electron chi connectivity index (χ1n) is 3.80. The van der Waals surface area contributed by atoms with Crippen molar-refractivity contribution < 1.29 is 9.53 Å². The van der Waals surface area contributed by atoms with E-state index >= 15 is 0 Å². The molecule has 0 bridgehead atoms. The highest BCUT2D eigenvalue weighted by molar-refractivity contribution is 5.79. The standard InChI is InChI=1S/C6H9NO2.C2H6/c1-4-5(2)9-3-6(8)7-4;1-2/h3H2,1-2H3,(H,7,8);1-2H3. The van der Waals surface area contributed by atoms with Crippen molar-refractivity contribution in [3.05, 3.63) is 11.5 Å². The second-order valence-corrected chi connectivity index (χ2v) is 2.02. The average molecular weight is 157 g/mol. The Morgan fingerprint density at radius 1 is 1.36 bits per heavy atom. The Labute approximate surface area is 67.4 Å². The van der Waals surface area contributed by atoms with Crippen molar-refractivity contribution in [2.45, 2.75) is 27.7 Å². The highest BCUT2D eigenvalue weighted by Gasteiger charge is 2.10. The Balaban J connectivity index is 0.000000461. The van der Waals surface area contributed by atoms with E-state index in [1.165, 1.54) is 0 Å². The molecule has 1 N–H and O–H groups in total. The normalized spacial score (nSPS) is 16.2. The molecule has 0 fully saturated rings. The number of nitrogens with one attached hydrogen (secondary N) is 1. The van der Waals surface area contributed by atoms with Gasteiger partial charge in [-0.05, 0) is 13.8 Å². The highest BCUT2D eigenvalue weighted by Crippen LogP contribution is 2.05. The molecule has 0 saturated carbocycles. The Kier molecular flexibility index (Phi) is 4.34. The van der Waals surface area contributed by atoms with Gasteiger partial charge in [0.25, 0.3) is 5.91 Å². The van der Waals surface area contributed by atoms with Crippen LogP contribution in [0.2, 0.25) is 0 Å². The van der Waals surface area contributed by atoms with E-state index in [1.807, 2.05) is 27.7 Å². The summed E-state index contributed by atoms with van der Waals surface area (Å²) in [5.74, 6) is 0.729. The summed E-state index contributed by atoms with van der Waals surface area (Å²) in [6.45, 7) is 7.80. The number of amides is 1. The van der Waals surface area contributed by atoms with Crippen LogP contribution in [0.25, 0.3) is 0 Å². The molecule has 0 aromatic heterocycles. The first-order valence-corrected chi connectivity index (χ1v) is 3.80. The molecule has 3 heteroatoms. The van der Waals surface area contributed by atoms with Gasteiger partial charge in [-0.25, -0.2) is 0 Å². The van der Waals surface area contributed by atoms with E-state index in [4.69, 9.17) is 4.74 Å². The SMILES string of the molecule is CC.CC1=C(C)OCC(=O)N1. The summed E-state index contributed by atoms with van der Waals surface area (Å²) in [4.78, 5) is 10.5. The number of hydrogen-bond donors (Lipinski definition) is 1. The first-order chi connectivity index (χ1) is 5.20. The lowest BCUT2D eigenvalue weighted by Crippen LogP contribution is -2.31. The van der Waals surface area contributed by atoms with E-state index in [-0.39, 0.29) is 12.5 Å². The molecule has 1 aliphatic heterocycles. The van der Waals surface area contributed by atoms with Crippen LogP contribution in [-0.4, -0.2) is 12.5 Å². The van der Waals surface area contributed by atoms with Crippen LogP contribution in [-0.2, 0) is 9.53 Å². The Bertz CT molecular complexity index is 173. The number of rotatable bonds is 0. The van der Waals surface area contributed by atoms with Gasteiger partial charge in [0.2, 0.25) is 0 Å². The van der Waals surface area contributed by atoms with Gasteiger partial charge in [0.1, 0.15) is 5.76 Å². The smallest absolute Gasteiger partial charge is 0.262 e. The van der Waals surface area contributed by atoms with Gasteiger partial charge in [-0.3, -0.25) is 4.79 Å². The van der Waals surface area contributed by atoms with Crippen LogP contribution in [0.1, 0.15) is 27.7 Å². The van der Waals surface area contributed by atoms with Crippen LogP contribution >= 0.6 is 0 Å². The molecule has 0 spiro atoms. The van der Waals surface area contributed by atoms with E-state index in [0.29, 0.717) is 0 Å². The second-order valence-electron chi connectivity index (χ2n) is 2.02. The largest absolute Gasteiger partial charge is 0.487 e. The van der Waals surface area contributed by atoms with Crippen molar-refractivity contribution >= 4 is 5.91 Å². The van der Waals surface area contributed by atoms with E-state index in [0.717, 1.165) is 11.5 Å². The summed E-state index contributed by atoms with van der Waals surface area (Å²) >= 11 is 0. The maximum absolute atomic E-state index is 10.5. The van der Waals surface area contributed by atoms with E-state index in [1.54, 1.807) is 0 Å². The second kappa shape index (κ2) is 4.77.